The van der Waals surface area contributed by atoms with Crippen LogP contribution in [0.4, 0.5) is 5.69 Å². The van der Waals surface area contributed by atoms with Crippen LogP contribution >= 0.6 is 11.8 Å². The summed E-state index contributed by atoms with van der Waals surface area (Å²) in [7, 11) is 0. The Kier molecular flexibility index (Phi) is 3.58. The fraction of sp³-hybridized carbons (Fsp3) is 0.0625. The number of anilines is 1. The van der Waals surface area contributed by atoms with Crippen molar-refractivity contribution in [1.82, 2.24) is 9.97 Å². The van der Waals surface area contributed by atoms with Crippen LogP contribution in [0.15, 0.2) is 53.6 Å². The Bertz CT molecular complexity index is 765. The predicted molar refractivity (Wildman–Crippen MR) is 87.3 cm³/mol. The maximum Gasteiger partial charge on any atom is 0.139 e. The van der Waals surface area contributed by atoms with Crippen LogP contribution in [0.2, 0.25) is 0 Å². The van der Waals surface area contributed by atoms with Crippen LogP contribution < -0.4 is 5.73 Å². The van der Waals surface area contributed by atoms with E-state index in [0.717, 1.165) is 11.3 Å². The summed E-state index contributed by atoms with van der Waals surface area (Å²) in [6, 6.07) is 13.1. The molecule has 0 aliphatic carbocycles. The van der Waals surface area contributed by atoms with Crippen molar-refractivity contribution >= 4 is 17.4 Å². The molecule has 0 atom stereocenters. The van der Waals surface area contributed by atoms with E-state index in [1.807, 2.05) is 6.26 Å². The van der Waals surface area contributed by atoms with E-state index in [9.17, 15) is 5.11 Å². The zero-order valence-electron chi connectivity index (χ0n) is 11.5. The summed E-state index contributed by atoms with van der Waals surface area (Å²) in [5.74, 6) is 0.814. The molecule has 3 rings (SSSR count). The summed E-state index contributed by atoms with van der Waals surface area (Å²) in [5, 5.41) is 9.58. The van der Waals surface area contributed by atoms with E-state index in [1.165, 1.54) is 4.90 Å². The van der Waals surface area contributed by atoms with Crippen LogP contribution in [0.25, 0.3) is 22.6 Å². The molecule has 3 aromatic rings. The van der Waals surface area contributed by atoms with Crippen LogP contribution in [-0.2, 0) is 0 Å². The van der Waals surface area contributed by atoms with Crippen LogP contribution in [0, 0.1) is 0 Å². The molecule has 4 nitrogen and oxygen atoms in total. The first kappa shape index (κ1) is 13.6. The lowest BCUT2D eigenvalue weighted by molar-refractivity contribution is 0.475. The van der Waals surface area contributed by atoms with E-state index in [4.69, 9.17) is 5.73 Å². The Morgan fingerprint density at radius 1 is 1.14 bits per heavy atom. The Balaban J connectivity index is 1.97. The maximum absolute atomic E-state index is 9.58. The number of nitrogens with two attached hydrogens (primary N) is 1. The topological polar surface area (TPSA) is 74.9 Å². The van der Waals surface area contributed by atoms with Gasteiger partial charge in [0, 0.05) is 16.1 Å². The largest absolute Gasteiger partial charge is 0.508 e. The highest BCUT2D eigenvalue weighted by Crippen LogP contribution is 2.29. The second kappa shape index (κ2) is 5.54. The van der Waals surface area contributed by atoms with E-state index < -0.39 is 0 Å². The first-order valence-electron chi connectivity index (χ1n) is 6.45. The molecule has 0 amide bonds. The number of phenols is 1. The number of imidazole rings is 1. The number of hydrogen-bond donors (Lipinski definition) is 3. The fourth-order valence-corrected chi connectivity index (χ4v) is 2.53. The van der Waals surface area contributed by atoms with Gasteiger partial charge in [0.2, 0.25) is 0 Å². The maximum atomic E-state index is 9.58. The number of nitrogen functional groups attached to an aromatic ring is 1. The van der Waals surface area contributed by atoms with Gasteiger partial charge in [-0.3, -0.25) is 0 Å². The van der Waals surface area contributed by atoms with Gasteiger partial charge in [-0.15, -0.1) is 11.8 Å². The molecule has 1 aromatic heterocycles. The molecule has 0 unspecified atom stereocenters. The third-order valence-corrected chi connectivity index (χ3v) is 4.01. The predicted octanol–water partition coefficient (Wildman–Crippen LogP) is 3.75. The second-order valence-electron chi connectivity index (χ2n) is 4.65. The molecule has 0 saturated heterocycles. The van der Waals surface area contributed by atoms with Crippen LogP contribution in [-0.4, -0.2) is 21.3 Å². The van der Waals surface area contributed by atoms with Crippen molar-refractivity contribution in [1.29, 1.82) is 0 Å². The molecule has 106 valence electrons. The molecule has 0 bridgehead atoms. The molecular weight excluding hydrogens is 282 g/mol. The van der Waals surface area contributed by atoms with Crippen molar-refractivity contribution in [3.05, 3.63) is 48.7 Å². The Morgan fingerprint density at radius 3 is 2.62 bits per heavy atom. The molecule has 21 heavy (non-hydrogen) atoms. The van der Waals surface area contributed by atoms with Gasteiger partial charge in [-0.05, 0) is 42.2 Å². The number of thioether (sulfide) groups is 1. The molecule has 0 aliphatic rings. The number of nitrogens with zero attached hydrogens (tertiary/aromatic N) is 1. The van der Waals surface area contributed by atoms with Gasteiger partial charge in [0.25, 0.3) is 0 Å². The highest BCUT2D eigenvalue weighted by molar-refractivity contribution is 7.98. The van der Waals surface area contributed by atoms with E-state index in [2.05, 4.69) is 34.2 Å². The molecule has 4 N–H and O–H groups in total. The molecule has 1 heterocycles. The molecule has 0 spiro atoms. The highest BCUT2D eigenvalue weighted by Gasteiger charge is 2.09. The summed E-state index contributed by atoms with van der Waals surface area (Å²) in [4.78, 5) is 8.82. The number of phenolic OH excluding ortho intramolecular Hbond substituents is 1. The number of nitrogens with one attached hydrogen (secondary N) is 1. The van der Waals surface area contributed by atoms with Gasteiger partial charge in [-0.25, -0.2) is 4.98 Å². The monoisotopic (exact) mass is 297 g/mol. The van der Waals surface area contributed by atoms with Gasteiger partial charge in [-0.2, -0.15) is 0 Å². The third-order valence-electron chi connectivity index (χ3n) is 3.27. The third kappa shape index (κ3) is 2.73. The Morgan fingerprint density at radius 2 is 1.90 bits per heavy atom. The molecule has 5 heteroatoms. The number of H-pyrrole nitrogens is 1. The number of aromatic hydroxyl groups is 1. The van der Waals surface area contributed by atoms with E-state index in [-0.39, 0.29) is 5.75 Å². The molecular formula is C16H15N3OS. The Hall–Kier alpha value is -2.40. The number of rotatable bonds is 3. The molecule has 0 radical (unpaired) electrons. The SMILES string of the molecule is CSc1ccc(-c2cnc(-c3cc(O)ccc3N)[nH]2)cc1. The zero-order valence-corrected chi connectivity index (χ0v) is 12.3. The highest BCUT2D eigenvalue weighted by atomic mass is 32.2. The zero-order chi connectivity index (χ0) is 14.8. The lowest BCUT2D eigenvalue weighted by Crippen LogP contribution is -1.91. The summed E-state index contributed by atoms with van der Waals surface area (Å²) in [6.45, 7) is 0. The Labute approximate surface area is 127 Å². The van der Waals surface area contributed by atoms with Crippen molar-refractivity contribution in [3.63, 3.8) is 0 Å². The van der Waals surface area contributed by atoms with Gasteiger partial charge < -0.3 is 15.8 Å². The average molecular weight is 297 g/mol. The van der Waals surface area contributed by atoms with Gasteiger partial charge >= 0.3 is 0 Å². The van der Waals surface area contributed by atoms with Crippen molar-refractivity contribution in [2.75, 3.05) is 12.0 Å². The summed E-state index contributed by atoms with van der Waals surface area (Å²) < 4.78 is 0. The van der Waals surface area contributed by atoms with Crippen LogP contribution in [0.3, 0.4) is 0 Å². The van der Waals surface area contributed by atoms with Crippen LogP contribution in [0.5, 0.6) is 5.75 Å². The number of aromatic amines is 1. The minimum Gasteiger partial charge on any atom is -0.508 e. The van der Waals surface area contributed by atoms with E-state index in [1.54, 1.807) is 36.2 Å². The van der Waals surface area contributed by atoms with Gasteiger partial charge in [0.05, 0.1) is 11.9 Å². The molecule has 0 aliphatic heterocycles. The first-order valence-corrected chi connectivity index (χ1v) is 7.68. The lowest BCUT2D eigenvalue weighted by atomic mass is 10.1. The average Bonchev–Trinajstić information content (AvgIpc) is 2.99. The van der Waals surface area contributed by atoms with Crippen molar-refractivity contribution < 1.29 is 5.11 Å². The van der Waals surface area contributed by atoms with Crippen molar-refractivity contribution in [2.45, 2.75) is 4.90 Å². The summed E-state index contributed by atoms with van der Waals surface area (Å²) in [6.07, 6.45) is 3.82. The van der Waals surface area contributed by atoms with Crippen molar-refractivity contribution in [3.8, 4) is 28.4 Å². The van der Waals surface area contributed by atoms with Crippen molar-refractivity contribution in [2.24, 2.45) is 0 Å². The van der Waals surface area contributed by atoms with Crippen LogP contribution in [0.1, 0.15) is 0 Å². The second-order valence-corrected chi connectivity index (χ2v) is 5.53. The van der Waals surface area contributed by atoms with Gasteiger partial charge in [0.1, 0.15) is 11.6 Å². The molecule has 2 aromatic carbocycles. The summed E-state index contributed by atoms with van der Waals surface area (Å²) in [5.41, 5.74) is 9.18. The van der Waals surface area contributed by atoms with Gasteiger partial charge in [0.15, 0.2) is 0 Å². The fourth-order valence-electron chi connectivity index (χ4n) is 2.12. The summed E-state index contributed by atoms with van der Waals surface area (Å²) >= 11 is 1.71. The quantitative estimate of drug-likeness (QED) is 0.391. The first-order chi connectivity index (χ1) is 10.2. The minimum atomic E-state index is 0.168. The number of aromatic nitrogens is 2. The van der Waals surface area contributed by atoms with Gasteiger partial charge in [-0.1, -0.05) is 12.1 Å². The lowest BCUT2D eigenvalue weighted by Gasteiger charge is -2.03. The molecule has 0 saturated carbocycles. The normalized spacial score (nSPS) is 10.7. The number of hydrogen-bond acceptors (Lipinski definition) is 4. The standard InChI is InChI=1S/C16H15N3OS/c1-21-12-5-2-10(3-6-12)15-9-18-16(19-15)13-8-11(20)4-7-14(13)17/h2-9,20H,17H2,1H3,(H,18,19). The number of benzene rings is 2. The smallest absolute Gasteiger partial charge is 0.139 e. The molecule has 0 fully saturated rings. The minimum absolute atomic E-state index is 0.168. The van der Waals surface area contributed by atoms with E-state index in [0.29, 0.717) is 17.1 Å². The van der Waals surface area contributed by atoms with E-state index >= 15 is 0 Å².